The number of benzene rings is 1. The summed E-state index contributed by atoms with van der Waals surface area (Å²) in [7, 11) is -3.40. The van der Waals surface area contributed by atoms with E-state index in [1.165, 1.54) is 18.2 Å². The monoisotopic (exact) mass is 282 g/mol. The van der Waals surface area contributed by atoms with Gasteiger partial charge in [-0.1, -0.05) is 12.1 Å². The minimum absolute atomic E-state index is 0. The third-order valence-electron chi connectivity index (χ3n) is 1.95. The fourth-order valence-electron chi connectivity index (χ4n) is 1.23. The summed E-state index contributed by atoms with van der Waals surface area (Å²) in [5.41, 5.74) is 5.68. The predicted molar refractivity (Wildman–Crippen MR) is 67.9 cm³/mol. The van der Waals surface area contributed by atoms with Crippen LogP contribution in [0.3, 0.4) is 0 Å². The highest BCUT2D eigenvalue weighted by atomic mass is 35.5. The van der Waals surface area contributed by atoms with Crippen LogP contribution in [-0.2, 0) is 15.8 Å². The van der Waals surface area contributed by atoms with Crippen LogP contribution >= 0.6 is 12.4 Å². The Morgan fingerprint density at radius 1 is 1.35 bits per heavy atom. The molecule has 0 aliphatic heterocycles. The van der Waals surface area contributed by atoms with Gasteiger partial charge >= 0.3 is 0 Å². The van der Waals surface area contributed by atoms with E-state index in [0.29, 0.717) is 25.1 Å². The number of hydrogen-bond acceptors (Lipinski definition) is 3. The van der Waals surface area contributed by atoms with Crippen LogP contribution in [0, 0.1) is 5.82 Å². The lowest BCUT2D eigenvalue weighted by Crippen LogP contribution is -2.27. The Morgan fingerprint density at radius 3 is 2.65 bits per heavy atom. The molecule has 0 heterocycles. The SMILES string of the molecule is Cl.NCCCNS(=O)(=O)Cc1cccc(F)c1. The topological polar surface area (TPSA) is 72.2 Å². The fraction of sp³-hybridized carbons (Fsp3) is 0.400. The lowest BCUT2D eigenvalue weighted by atomic mass is 10.2. The van der Waals surface area contributed by atoms with E-state index in [9.17, 15) is 12.8 Å². The largest absolute Gasteiger partial charge is 0.330 e. The van der Waals surface area contributed by atoms with Crippen molar-refractivity contribution in [3.05, 3.63) is 35.6 Å². The minimum atomic E-state index is -3.40. The van der Waals surface area contributed by atoms with E-state index < -0.39 is 15.8 Å². The van der Waals surface area contributed by atoms with Gasteiger partial charge in [-0.3, -0.25) is 0 Å². The Labute approximate surface area is 107 Å². The van der Waals surface area contributed by atoms with Crippen LogP contribution in [0.5, 0.6) is 0 Å². The highest BCUT2D eigenvalue weighted by Gasteiger charge is 2.10. The molecule has 0 aliphatic rings. The summed E-state index contributed by atoms with van der Waals surface area (Å²) in [4.78, 5) is 0. The summed E-state index contributed by atoms with van der Waals surface area (Å²) in [5.74, 6) is -0.648. The average Bonchev–Trinajstić information content (AvgIpc) is 2.17. The van der Waals surface area contributed by atoms with Gasteiger partial charge in [0.1, 0.15) is 5.82 Å². The van der Waals surface area contributed by atoms with Crippen molar-refractivity contribution in [1.82, 2.24) is 4.72 Å². The van der Waals surface area contributed by atoms with Crippen LogP contribution in [0.25, 0.3) is 0 Å². The molecule has 0 aromatic heterocycles. The van der Waals surface area contributed by atoms with Gasteiger partial charge in [0.05, 0.1) is 5.75 Å². The van der Waals surface area contributed by atoms with E-state index in [4.69, 9.17) is 5.73 Å². The van der Waals surface area contributed by atoms with Gasteiger partial charge in [-0.15, -0.1) is 12.4 Å². The quantitative estimate of drug-likeness (QED) is 0.765. The second-order valence-electron chi connectivity index (χ2n) is 3.43. The molecule has 0 atom stereocenters. The molecule has 1 aromatic carbocycles. The first kappa shape index (κ1) is 16.3. The first-order valence-electron chi connectivity index (χ1n) is 4.95. The number of nitrogens with two attached hydrogens (primary N) is 1. The molecule has 1 aromatic rings. The Hall–Kier alpha value is -0.690. The number of nitrogens with one attached hydrogen (secondary N) is 1. The zero-order valence-electron chi connectivity index (χ0n) is 9.23. The highest BCUT2D eigenvalue weighted by Crippen LogP contribution is 2.07. The lowest BCUT2D eigenvalue weighted by Gasteiger charge is -2.05. The van der Waals surface area contributed by atoms with Crippen molar-refractivity contribution in [2.45, 2.75) is 12.2 Å². The van der Waals surface area contributed by atoms with Gasteiger partial charge in [-0.25, -0.2) is 17.5 Å². The molecule has 0 radical (unpaired) electrons. The van der Waals surface area contributed by atoms with Crippen LogP contribution < -0.4 is 10.5 Å². The Kier molecular flexibility index (Phi) is 7.29. The first-order valence-corrected chi connectivity index (χ1v) is 6.60. The third kappa shape index (κ3) is 6.58. The van der Waals surface area contributed by atoms with Gasteiger partial charge in [0, 0.05) is 6.54 Å². The molecule has 98 valence electrons. The summed E-state index contributed by atoms with van der Waals surface area (Å²) < 4.78 is 38.2. The molecular formula is C10H16ClFN2O2S. The van der Waals surface area contributed by atoms with Crippen molar-refractivity contribution in [2.75, 3.05) is 13.1 Å². The molecule has 7 heteroatoms. The van der Waals surface area contributed by atoms with E-state index in [1.54, 1.807) is 6.07 Å². The molecule has 3 N–H and O–H groups in total. The smallest absolute Gasteiger partial charge is 0.215 e. The van der Waals surface area contributed by atoms with Gasteiger partial charge in [-0.2, -0.15) is 0 Å². The molecule has 0 amide bonds. The number of halogens is 2. The number of sulfonamides is 1. The molecule has 0 saturated carbocycles. The van der Waals surface area contributed by atoms with Crippen LogP contribution in [0.1, 0.15) is 12.0 Å². The molecule has 0 unspecified atom stereocenters. The molecule has 0 fully saturated rings. The van der Waals surface area contributed by atoms with Gasteiger partial charge in [0.2, 0.25) is 10.0 Å². The van der Waals surface area contributed by atoms with E-state index in [2.05, 4.69) is 4.72 Å². The molecule has 0 saturated heterocycles. The maximum Gasteiger partial charge on any atom is 0.215 e. The summed E-state index contributed by atoms with van der Waals surface area (Å²) in [6.07, 6.45) is 0.586. The van der Waals surface area contributed by atoms with Crippen LogP contribution in [0.4, 0.5) is 4.39 Å². The van der Waals surface area contributed by atoms with Crippen molar-refractivity contribution in [2.24, 2.45) is 5.73 Å². The average molecular weight is 283 g/mol. The second kappa shape index (κ2) is 7.60. The van der Waals surface area contributed by atoms with E-state index in [-0.39, 0.29) is 18.2 Å². The summed E-state index contributed by atoms with van der Waals surface area (Å²) >= 11 is 0. The molecule has 17 heavy (non-hydrogen) atoms. The van der Waals surface area contributed by atoms with Crippen molar-refractivity contribution >= 4 is 22.4 Å². The third-order valence-corrected chi connectivity index (χ3v) is 3.31. The molecular weight excluding hydrogens is 267 g/mol. The zero-order valence-corrected chi connectivity index (χ0v) is 10.9. The maximum absolute atomic E-state index is 12.8. The van der Waals surface area contributed by atoms with Gasteiger partial charge in [0.25, 0.3) is 0 Å². The number of hydrogen-bond donors (Lipinski definition) is 2. The van der Waals surface area contributed by atoms with E-state index in [1.807, 2.05) is 0 Å². The van der Waals surface area contributed by atoms with Gasteiger partial charge in [0.15, 0.2) is 0 Å². The first-order chi connectivity index (χ1) is 7.53. The van der Waals surface area contributed by atoms with Crippen LogP contribution in [0.15, 0.2) is 24.3 Å². The number of rotatable bonds is 6. The van der Waals surface area contributed by atoms with Crippen molar-refractivity contribution < 1.29 is 12.8 Å². The van der Waals surface area contributed by atoms with Crippen molar-refractivity contribution in [3.63, 3.8) is 0 Å². The highest BCUT2D eigenvalue weighted by molar-refractivity contribution is 7.88. The van der Waals surface area contributed by atoms with Crippen molar-refractivity contribution in [3.8, 4) is 0 Å². The zero-order chi connectivity index (χ0) is 12.0. The molecule has 0 spiro atoms. The van der Waals surface area contributed by atoms with E-state index >= 15 is 0 Å². The lowest BCUT2D eigenvalue weighted by molar-refractivity contribution is 0.578. The summed E-state index contributed by atoms with van der Waals surface area (Å²) in [6, 6.07) is 5.55. The van der Waals surface area contributed by atoms with Gasteiger partial charge in [-0.05, 0) is 30.7 Å². The fourth-order valence-corrected chi connectivity index (χ4v) is 2.40. The summed E-state index contributed by atoms with van der Waals surface area (Å²) in [6.45, 7) is 0.747. The minimum Gasteiger partial charge on any atom is -0.330 e. The summed E-state index contributed by atoms with van der Waals surface area (Å²) in [5, 5.41) is 0. The molecule has 1 rings (SSSR count). The second-order valence-corrected chi connectivity index (χ2v) is 5.23. The maximum atomic E-state index is 12.8. The normalized spacial score (nSPS) is 10.9. The molecule has 0 bridgehead atoms. The van der Waals surface area contributed by atoms with Crippen LogP contribution in [0.2, 0.25) is 0 Å². The van der Waals surface area contributed by atoms with E-state index in [0.717, 1.165) is 0 Å². The Balaban J connectivity index is 0.00000256. The van der Waals surface area contributed by atoms with Crippen molar-refractivity contribution in [1.29, 1.82) is 0 Å². The Morgan fingerprint density at radius 2 is 2.06 bits per heavy atom. The molecule has 0 aliphatic carbocycles. The molecule has 4 nitrogen and oxygen atoms in total. The standard InChI is InChI=1S/C10H15FN2O2S.ClH/c11-10-4-1-3-9(7-10)8-16(14,15)13-6-2-5-12;/h1,3-4,7,13H,2,5-6,8,12H2;1H. The predicted octanol–water partition coefficient (Wildman–Crippen LogP) is 1.02. The Bertz CT molecular complexity index is 440. The van der Waals surface area contributed by atoms with Gasteiger partial charge < -0.3 is 5.73 Å². The van der Waals surface area contributed by atoms with Crippen LogP contribution in [-0.4, -0.2) is 21.5 Å².